The molecule has 3 aromatic rings. The fourth-order valence-corrected chi connectivity index (χ4v) is 3.31. The van der Waals surface area contributed by atoms with E-state index >= 15 is 0 Å². The Morgan fingerprint density at radius 1 is 1.34 bits per heavy atom. The van der Waals surface area contributed by atoms with Gasteiger partial charge in [-0.2, -0.15) is 5.26 Å². The number of nitrogens with two attached hydrogens (primary N) is 1. The fourth-order valence-electron chi connectivity index (χ4n) is 2.71. The zero-order valence-electron chi connectivity index (χ0n) is 15.0. The van der Waals surface area contributed by atoms with Gasteiger partial charge in [0.15, 0.2) is 0 Å². The van der Waals surface area contributed by atoms with Crippen LogP contribution < -0.4 is 21.3 Å². The number of nitrogens with one attached hydrogen (secondary N) is 3. The first-order valence-corrected chi connectivity index (χ1v) is 9.31. The Bertz CT molecular complexity index is 1170. The van der Waals surface area contributed by atoms with E-state index in [9.17, 15) is 9.59 Å². The minimum atomic E-state index is -0.642. The van der Waals surface area contributed by atoms with Gasteiger partial charge < -0.3 is 5.32 Å². The van der Waals surface area contributed by atoms with Crippen LogP contribution in [0.2, 0.25) is 5.02 Å². The number of nitrogen functional groups attached to an aromatic ring is 1. The van der Waals surface area contributed by atoms with Gasteiger partial charge in [0.2, 0.25) is 5.69 Å². The number of aromatic amines is 1. The number of hydrogen-bond acceptors (Lipinski definition) is 5. The van der Waals surface area contributed by atoms with Crippen LogP contribution in [0.4, 0.5) is 5.69 Å². The number of aryl methyl sites for hydroxylation is 1. The molecule has 0 aliphatic rings. The number of aromatic nitrogens is 3. The number of hydrazine groups is 1. The van der Waals surface area contributed by atoms with Crippen molar-refractivity contribution in [3.8, 4) is 11.9 Å². The van der Waals surface area contributed by atoms with Crippen LogP contribution in [0, 0.1) is 18.3 Å². The van der Waals surface area contributed by atoms with E-state index < -0.39 is 11.8 Å². The molecule has 9 nitrogen and oxygen atoms in total. The van der Waals surface area contributed by atoms with E-state index in [4.69, 9.17) is 22.7 Å². The van der Waals surface area contributed by atoms with E-state index in [-0.39, 0.29) is 22.5 Å². The summed E-state index contributed by atoms with van der Waals surface area (Å²) in [4.78, 5) is 29.4. The summed E-state index contributed by atoms with van der Waals surface area (Å²) in [5, 5.41) is 15.1. The van der Waals surface area contributed by atoms with E-state index in [0.29, 0.717) is 21.0 Å². The highest BCUT2D eigenvalue weighted by atomic mass is 79.9. The van der Waals surface area contributed by atoms with Crippen molar-refractivity contribution >= 4 is 45.0 Å². The van der Waals surface area contributed by atoms with Crippen molar-refractivity contribution in [3.05, 3.63) is 68.5 Å². The van der Waals surface area contributed by atoms with Crippen LogP contribution in [0.1, 0.15) is 32.0 Å². The zero-order valence-corrected chi connectivity index (χ0v) is 17.3. The van der Waals surface area contributed by atoms with E-state index in [2.05, 4.69) is 31.3 Å². The van der Waals surface area contributed by atoms with Crippen LogP contribution in [0.5, 0.6) is 0 Å². The molecule has 0 unspecified atom stereocenters. The molecule has 1 aromatic carbocycles. The second kappa shape index (κ2) is 8.40. The zero-order chi connectivity index (χ0) is 21.1. The minimum Gasteiger partial charge on any atom is -0.318 e. The number of benzene rings is 1. The average Bonchev–Trinajstić information content (AvgIpc) is 3.10. The molecule has 0 saturated heterocycles. The van der Waals surface area contributed by atoms with Crippen LogP contribution in [-0.2, 0) is 0 Å². The van der Waals surface area contributed by atoms with Crippen molar-refractivity contribution in [3.63, 3.8) is 0 Å². The third kappa shape index (κ3) is 4.12. The van der Waals surface area contributed by atoms with Crippen molar-refractivity contribution < 1.29 is 14.3 Å². The highest BCUT2D eigenvalue weighted by Gasteiger charge is 2.27. The maximum absolute atomic E-state index is 13.0. The topological polar surface area (TPSA) is 141 Å². The Hall–Kier alpha value is -3.26. The normalized spacial score (nSPS) is 10.3. The number of nitriles is 1. The smallest absolute Gasteiger partial charge is 0.318 e. The van der Waals surface area contributed by atoms with Crippen LogP contribution >= 0.6 is 27.5 Å². The Kier molecular flexibility index (Phi) is 5.93. The second-order valence-electron chi connectivity index (χ2n) is 5.89. The fraction of sp³-hybridized carbons (Fsp3) is 0.0556. The molecule has 0 aliphatic heterocycles. The molecular weight excluding hydrogens is 462 g/mol. The van der Waals surface area contributed by atoms with Gasteiger partial charge in [0.1, 0.15) is 15.8 Å². The van der Waals surface area contributed by atoms with Crippen molar-refractivity contribution in [2.45, 2.75) is 6.92 Å². The molecule has 0 radical (unpaired) electrons. The molecule has 5 N–H and O–H groups in total. The molecule has 2 aromatic heterocycles. The lowest BCUT2D eigenvalue weighted by Gasteiger charge is -2.13. The molecule has 2 amide bonds. The van der Waals surface area contributed by atoms with Gasteiger partial charge in [0, 0.05) is 6.07 Å². The molecule has 0 saturated carbocycles. The van der Waals surface area contributed by atoms with E-state index in [1.165, 1.54) is 10.7 Å². The first-order valence-electron chi connectivity index (χ1n) is 8.14. The van der Waals surface area contributed by atoms with Gasteiger partial charge in [-0.1, -0.05) is 11.6 Å². The quantitative estimate of drug-likeness (QED) is 0.198. The third-order valence-electron chi connectivity index (χ3n) is 3.99. The van der Waals surface area contributed by atoms with Gasteiger partial charge in [0.25, 0.3) is 11.8 Å². The van der Waals surface area contributed by atoms with Gasteiger partial charge in [-0.15, -0.1) is 4.68 Å². The number of nitrogens with zero attached hydrogens (tertiary/aromatic N) is 3. The summed E-state index contributed by atoms with van der Waals surface area (Å²) >= 11 is 9.50. The summed E-state index contributed by atoms with van der Waals surface area (Å²) in [7, 11) is 0. The molecular formula is C18H14BrClN7O2+. The van der Waals surface area contributed by atoms with Crippen molar-refractivity contribution in [1.29, 1.82) is 5.26 Å². The second-order valence-corrected chi connectivity index (χ2v) is 7.15. The largest absolute Gasteiger partial charge is 0.365 e. The van der Waals surface area contributed by atoms with Gasteiger partial charge in [0.05, 0.1) is 22.9 Å². The highest BCUT2D eigenvalue weighted by Crippen LogP contribution is 2.24. The Morgan fingerprint density at radius 3 is 2.76 bits per heavy atom. The molecule has 3 rings (SSSR count). The first kappa shape index (κ1) is 20.5. The van der Waals surface area contributed by atoms with E-state index in [1.54, 1.807) is 37.4 Å². The predicted octanol–water partition coefficient (Wildman–Crippen LogP) is 2.14. The lowest BCUT2D eigenvalue weighted by atomic mass is 10.0. The summed E-state index contributed by atoms with van der Waals surface area (Å²) < 4.78 is 1.92. The molecule has 11 heteroatoms. The van der Waals surface area contributed by atoms with Gasteiger partial charge >= 0.3 is 5.82 Å². The van der Waals surface area contributed by atoms with Gasteiger partial charge in [-0.05, 0) is 57.7 Å². The Balaban J connectivity index is 2.06. The maximum Gasteiger partial charge on any atom is 0.365 e. The summed E-state index contributed by atoms with van der Waals surface area (Å²) in [6.45, 7) is 1.67. The van der Waals surface area contributed by atoms with Gasteiger partial charge in [-0.3, -0.25) is 15.0 Å². The van der Waals surface area contributed by atoms with Crippen LogP contribution in [0.3, 0.4) is 0 Å². The summed E-state index contributed by atoms with van der Waals surface area (Å²) in [5.41, 5.74) is 3.27. The molecule has 2 heterocycles. The molecule has 0 atom stereocenters. The number of H-pyrrole nitrogens is 1. The molecule has 0 bridgehead atoms. The van der Waals surface area contributed by atoms with Crippen LogP contribution in [0.15, 0.2) is 41.1 Å². The van der Waals surface area contributed by atoms with Gasteiger partial charge in [-0.25, -0.2) is 10.9 Å². The average molecular weight is 476 g/mol. The monoisotopic (exact) mass is 474 g/mol. The number of halogens is 2. The maximum atomic E-state index is 13.0. The number of rotatable bonds is 4. The first-order chi connectivity index (χ1) is 13.8. The summed E-state index contributed by atoms with van der Waals surface area (Å²) in [6.07, 6.45) is 1.54. The summed E-state index contributed by atoms with van der Waals surface area (Å²) in [6, 6.07) is 9.72. The number of carbonyl (C=O) groups is 2. The Labute approximate surface area is 178 Å². The van der Waals surface area contributed by atoms with Crippen molar-refractivity contribution in [1.82, 2.24) is 15.5 Å². The highest BCUT2D eigenvalue weighted by molar-refractivity contribution is 9.10. The Morgan fingerprint density at radius 2 is 2.10 bits per heavy atom. The molecule has 146 valence electrons. The van der Waals surface area contributed by atoms with Crippen LogP contribution in [-0.4, -0.2) is 21.9 Å². The standard InChI is InChI=1S/C18H13BrClN7O2/c1-9-5-10(8-21)6-11(17(28)25-22)15(9)24-18(29)13-7-14(19)26-27(13)16-12(20)3-2-4-23-16/h2-7H,1H3,(H4,22,24,25,26,28,29)/p+1. The number of anilines is 1. The lowest BCUT2D eigenvalue weighted by Crippen LogP contribution is -2.41. The number of pyridine rings is 1. The van der Waals surface area contributed by atoms with E-state index in [1.807, 2.05) is 11.5 Å². The predicted molar refractivity (Wildman–Crippen MR) is 108 cm³/mol. The number of hydrogen-bond donors (Lipinski definition) is 4. The SMILES string of the molecule is Cc1cc(C#N)cc(C(=O)NN)c1NC(=O)c1cc(Br)[nH][n+]1-c1ncccc1Cl. The van der Waals surface area contributed by atoms with E-state index in [0.717, 1.165) is 0 Å². The molecule has 29 heavy (non-hydrogen) atoms. The lowest BCUT2D eigenvalue weighted by molar-refractivity contribution is -0.661. The minimum absolute atomic E-state index is 0.0643. The molecule has 0 aliphatic carbocycles. The van der Waals surface area contributed by atoms with Crippen molar-refractivity contribution in [2.75, 3.05) is 5.32 Å². The molecule has 0 fully saturated rings. The number of amides is 2. The van der Waals surface area contributed by atoms with Crippen LogP contribution in [0.25, 0.3) is 5.82 Å². The molecule has 0 spiro atoms. The summed E-state index contributed by atoms with van der Waals surface area (Å²) in [5.74, 6) is 4.39. The third-order valence-corrected chi connectivity index (χ3v) is 4.69. The number of carbonyl (C=O) groups excluding carboxylic acids is 2. The van der Waals surface area contributed by atoms with Crippen molar-refractivity contribution in [2.24, 2.45) is 5.84 Å².